The van der Waals surface area contributed by atoms with Crippen LogP contribution in [0.5, 0.6) is 0 Å². The Kier molecular flexibility index (Phi) is 3.79. The summed E-state index contributed by atoms with van der Waals surface area (Å²) in [4.78, 5) is 15.3. The van der Waals surface area contributed by atoms with Gasteiger partial charge >= 0.3 is 0 Å². The van der Waals surface area contributed by atoms with Crippen molar-refractivity contribution >= 4 is 16.8 Å². The molecule has 3 nitrogen and oxygen atoms in total. The minimum absolute atomic E-state index is 0.0896. The molecule has 0 atom stereocenters. The maximum atomic E-state index is 13.3. The van der Waals surface area contributed by atoms with E-state index in [-0.39, 0.29) is 29.4 Å². The fourth-order valence-corrected chi connectivity index (χ4v) is 3.39. The van der Waals surface area contributed by atoms with E-state index in [2.05, 4.69) is 10.3 Å². The number of hydrogen-bond acceptors (Lipinski definition) is 1. The number of rotatable bonds is 5. The average molecular weight is 340 g/mol. The Morgan fingerprint density at radius 3 is 2.68 bits per heavy atom. The number of H-pyrrole nitrogens is 1. The van der Waals surface area contributed by atoms with Crippen molar-refractivity contribution in [3.8, 4) is 0 Å². The van der Waals surface area contributed by atoms with E-state index in [4.69, 9.17) is 0 Å². The molecule has 0 spiro atoms. The van der Waals surface area contributed by atoms with E-state index < -0.39 is 0 Å². The van der Waals surface area contributed by atoms with Crippen LogP contribution in [0.3, 0.4) is 0 Å². The van der Waals surface area contributed by atoms with Gasteiger partial charge < -0.3 is 10.3 Å². The summed E-state index contributed by atoms with van der Waals surface area (Å²) < 4.78 is 26.5. The maximum absolute atomic E-state index is 13.3. The van der Waals surface area contributed by atoms with Crippen LogP contribution in [0.1, 0.15) is 24.0 Å². The number of halogens is 2. The molecule has 2 aromatic carbocycles. The lowest BCUT2D eigenvalue weighted by atomic mass is 9.95. The third kappa shape index (κ3) is 3.14. The minimum Gasteiger partial charge on any atom is -0.361 e. The molecular weight excluding hydrogens is 322 g/mol. The van der Waals surface area contributed by atoms with E-state index in [0.29, 0.717) is 12.1 Å². The van der Waals surface area contributed by atoms with Gasteiger partial charge in [0, 0.05) is 29.1 Å². The molecule has 0 saturated heterocycles. The number of fused-ring (bicyclic) bond motifs is 1. The van der Waals surface area contributed by atoms with Crippen LogP contribution in [0.15, 0.2) is 48.7 Å². The molecule has 128 valence electrons. The molecular formula is C20H18F2N2O. The molecule has 25 heavy (non-hydrogen) atoms. The Morgan fingerprint density at radius 2 is 1.92 bits per heavy atom. The number of carbonyl (C=O) groups excluding carboxylic acids is 1. The lowest BCUT2D eigenvalue weighted by Crippen LogP contribution is -2.33. The molecule has 1 heterocycles. The van der Waals surface area contributed by atoms with Crippen molar-refractivity contribution in [2.24, 2.45) is 0 Å². The Bertz CT molecular complexity index is 944. The summed E-state index contributed by atoms with van der Waals surface area (Å²) in [5.41, 5.74) is 2.46. The highest BCUT2D eigenvalue weighted by Crippen LogP contribution is 2.50. The van der Waals surface area contributed by atoms with Crippen LogP contribution in [0, 0.1) is 11.6 Å². The van der Waals surface area contributed by atoms with Gasteiger partial charge in [0.2, 0.25) is 5.91 Å². The van der Waals surface area contributed by atoms with Crippen molar-refractivity contribution in [3.63, 3.8) is 0 Å². The van der Waals surface area contributed by atoms with Gasteiger partial charge in [-0.15, -0.1) is 0 Å². The zero-order chi connectivity index (χ0) is 17.4. The summed E-state index contributed by atoms with van der Waals surface area (Å²) in [7, 11) is 0. The van der Waals surface area contributed by atoms with Crippen LogP contribution in [0.2, 0.25) is 0 Å². The van der Waals surface area contributed by atoms with E-state index >= 15 is 0 Å². The van der Waals surface area contributed by atoms with Crippen molar-refractivity contribution in [2.45, 2.75) is 24.7 Å². The van der Waals surface area contributed by atoms with Crippen molar-refractivity contribution in [3.05, 3.63) is 71.4 Å². The third-order valence-electron chi connectivity index (χ3n) is 4.95. The van der Waals surface area contributed by atoms with E-state index in [1.165, 1.54) is 24.3 Å². The molecule has 1 aliphatic rings. The first-order chi connectivity index (χ1) is 12.1. The number of aromatic amines is 1. The molecule has 4 rings (SSSR count). The van der Waals surface area contributed by atoms with Crippen LogP contribution in [-0.2, 0) is 16.6 Å². The zero-order valence-corrected chi connectivity index (χ0v) is 13.6. The predicted molar refractivity (Wildman–Crippen MR) is 92.3 cm³/mol. The summed E-state index contributed by atoms with van der Waals surface area (Å²) in [5, 5.41) is 3.97. The van der Waals surface area contributed by atoms with Gasteiger partial charge in [0.15, 0.2) is 0 Å². The Morgan fingerprint density at radius 1 is 1.12 bits per heavy atom. The molecule has 1 fully saturated rings. The third-order valence-corrected chi connectivity index (χ3v) is 4.95. The van der Waals surface area contributed by atoms with Gasteiger partial charge in [-0.3, -0.25) is 4.79 Å². The molecule has 1 aliphatic carbocycles. The fraction of sp³-hybridized carbons (Fsp3) is 0.250. The molecule has 5 heteroatoms. The Labute approximate surface area is 144 Å². The quantitative estimate of drug-likeness (QED) is 0.728. The molecule has 1 saturated carbocycles. The Balaban J connectivity index is 1.46. The average Bonchev–Trinajstić information content (AvgIpc) is 3.25. The van der Waals surface area contributed by atoms with Crippen molar-refractivity contribution in [2.75, 3.05) is 6.54 Å². The second-order valence-electron chi connectivity index (χ2n) is 6.76. The maximum Gasteiger partial charge on any atom is 0.224 e. The second-order valence-corrected chi connectivity index (χ2v) is 6.76. The second kappa shape index (κ2) is 5.99. The van der Waals surface area contributed by atoms with Gasteiger partial charge in [0.05, 0.1) is 6.42 Å². The molecule has 3 aromatic rings. The number of amides is 1. The number of hydrogen-bond donors (Lipinski definition) is 2. The SMILES string of the molecule is O=C(Cc1cccc(F)c1)NCC1(c2c[nH]c3cc(F)ccc23)CC1. The summed E-state index contributed by atoms with van der Waals surface area (Å²) in [6.07, 6.45) is 4.04. The highest BCUT2D eigenvalue weighted by Gasteiger charge is 2.45. The number of carbonyl (C=O) groups is 1. The van der Waals surface area contributed by atoms with E-state index in [9.17, 15) is 13.6 Å². The van der Waals surface area contributed by atoms with Crippen molar-refractivity contribution in [1.29, 1.82) is 0 Å². The monoisotopic (exact) mass is 340 g/mol. The van der Waals surface area contributed by atoms with Gasteiger partial charge in [0.1, 0.15) is 11.6 Å². The highest BCUT2D eigenvalue weighted by molar-refractivity contribution is 5.85. The first kappa shape index (κ1) is 15.8. The van der Waals surface area contributed by atoms with Gasteiger partial charge in [-0.25, -0.2) is 8.78 Å². The van der Waals surface area contributed by atoms with Crippen molar-refractivity contribution in [1.82, 2.24) is 10.3 Å². The first-order valence-electron chi connectivity index (χ1n) is 8.34. The number of benzene rings is 2. The van der Waals surface area contributed by atoms with Crippen LogP contribution in [0.25, 0.3) is 10.9 Å². The van der Waals surface area contributed by atoms with Crippen LogP contribution in [-0.4, -0.2) is 17.4 Å². The smallest absolute Gasteiger partial charge is 0.224 e. The van der Waals surface area contributed by atoms with Gasteiger partial charge in [0.25, 0.3) is 0 Å². The summed E-state index contributed by atoms with van der Waals surface area (Å²) in [6, 6.07) is 10.8. The molecule has 0 bridgehead atoms. The fourth-order valence-electron chi connectivity index (χ4n) is 3.39. The van der Waals surface area contributed by atoms with Crippen molar-refractivity contribution < 1.29 is 13.6 Å². The van der Waals surface area contributed by atoms with Gasteiger partial charge in [-0.2, -0.15) is 0 Å². The molecule has 1 aromatic heterocycles. The number of nitrogens with one attached hydrogen (secondary N) is 2. The highest BCUT2D eigenvalue weighted by atomic mass is 19.1. The molecule has 0 aliphatic heterocycles. The van der Waals surface area contributed by atoms with E-state index in [1.807, 2.05) is 6.20 Å². The van der Waals surface area contributed by atoms with Gasteiger partial charge in [-0.1, -0.05) is 12.1 Å². The largest absolute Gasteiger partial charge is 0.361 e. The topological polar surface area (TPSA) is 44.9 Å². The molecule has 0 radical (unpaired) electrons. The zero-order valence-electron chi connectivity index (χ0n) is 13.6. The molecule has 2 N–H and O–H groups in total. The van der Waals surface area contributed by atoms with Crippen LogP contribution in [0.4, 0.5) is 8.78 Å². The first-order valence-corrected chi connectivity index (χ1v) is 8.34. The lowest BCUT2D eigenvalue weighted by Gasteiger charge is -2.16. The van der Waals surface area contributed by atoms with Crippen LogP contribution >= 0.6 is 0 Å². The lowest BCUT2D eigenvalue weighted by molar-refractivity contribution is -0.120. The molecule has 1 amide bonds. The van der Waals surface area contributed by atoms with E-state index in [0.717, 1.165) is 29.3 Å². The molecule has 0 unspecified atom stereocenters. The standard InChI is InChI=1S/C20H18F2N2O/c21-14-3-1-2-13(8-14)9-19(25)24-12-20(6-7-20)17-11-23-18-10-15(22)4-5-16(17)18/h1-5,8,10-11,23H,6-7,9,12H2,(H,24,25). The predicted octanol–water partition coefficient (Wildman–Crippen LogP) is 3.84. The normalized spacial score (nSPS) is 15.3. The van der Waals surface area contributed by atoms with E-state index in [1.54, 1.807) is 18.2 Å². The Hall–Kier alpha value is -2.69. The summed E-state index contributed by atoms with van der Waals surface area (Å²) in [5.74, 6) is -0.730. The minimum atomic E-state index is -0.338. The summed E-state index contributed by atoms with van der Waals surface area (Å²) >= 11 is 0. The summed E-state index contributed by atoms with van der Waals surface area (Å²) in [6.45, 7) is 0.533. The van der Waals surface area contributed by atoms with Gasteiger partial charge in [-0.05, 0) is 54.3 Å². The number of aromatic nitrogens is 1. The van der Waals surface area contributed by atoms with Crippen LogP contribution < -0.4 is 5.32 Å².